The number of nitrogens with zero attached hydrogens (tertiary/aromatic N) is 2. The van der Waals surface area contributed by atoms with Gasteiger partial charge >= 0.3 is 0 Å². The maximum Gasteiger partial charge on any atom is 0.148 e. The van der Waals surface area contributed by atoms with Crippen molar-refractivity contribution in [3.05, 3.63) is 47.8 Å². The van der Waals surface area contributed by atoms with Gasteiger partial charge in [-0.3, -0.25) is 0 Å². The number of imidazole rings is 1. The first kappa shape index (κ1) is 12.4. The molecule has 0 saturated heterocycles. The number of fused-ring (bicyclic) bond motifs is 3. The van der Waals surface area contributed by atoms with Crippen LogP contribution in [-0.4, -0.2) is 9.97 Å². The smallest absolute Gasteiger partial charge is 0.148 e. The second-order valence-electron chi connectivity index (χ2n) is 6.24. The lowest BCUT2D eigenvalue weighted by molar-refractivity contribution is 0.551. The van der Waals surface area contributed by atoms with Crippen LogP contribution in [-0.2, 0) is 0 Å². The van der Waals surface area contributed by atoms with E-state index in [9.17, 15) is 5.26 Å². The van der Waals surface area contributed by atoms with E-state index in [0.29, 0.717) is 23.2 Å². The van der Waals surface area contributed by atoms with Gasteiger partial charge in [-0.15, -0.1) is 0 Å². The first-order valence-electron chi connectivity index (χ1n) is 7.50. The number of allylic oxidation sites excluding steroid dienone is 4. The number of aromatic amines is 1. The molecule has 4 rings (SSSR count). The van der Waals surface area contributed by atoms with Crippen LogP contribution in [0.25, 0.3) is 16.6 Å². The van der Waals surface area contributed by atoms with Crippen molar-refractivity contribution >= 4 is 16.6 Å². The van der Waals surface area contributed by atoms with Crippen LogP contribution in [0.4, 0.5) is 0 Å². The highest BCUT2D eigenvalue weighted by atomic mass is 14.9. The topological polar surface area (TPSA) is 52.5 Å². The van der Waals surface area contributed by atoms with Crippen molar-refractivity contribution in [2.24, 2.45) is 17.8 Å². The fraction of sp³-hybridized carbons (Fsp3) is 0.333. The van der Waals surface area contributed by atoms with E-state index in [4.69, 9.17) is 0 Å². The molecule has 104 valence electrons. The van der Waals surface area contributed by atoms with Crippen molar-refractivity contribution in [3.63, 3.8) is 0 Å². The highest BCUT2D eigenvalue weighted by Gasteiger charge is 2.34. The van der Waals surface area contributed by atoms with E-state index < -0.39 is 0 Å². The third-order valence-electron chi connectivity index (χ3n) is 4.72. The van der Waals surface area contributed by atoms with Crippen molar-refractivity contribution in [1.82, 2.24) is 9.97 Å². The van der Waals surface area contributed by atoms with Crippen LogP contribution in [0.1, 0.15) is 24.2 Å². The summed E-state index contributed by atoms with van der Waals surface area (Å²) in [6.45, 7) is 2.06. The third kappa shape index (κ3) is 2.08. The predicted octanol–water partition coefficient (Wildman–Crippen LogP) is 3.99. The van der Waals surface area contributed by atoms with Gasteiger partial charge in [0.05, 0.1) is 16.6 Å². The molecule has 2 aliphatic carbocycles. The van der Waals surface area contributed by atoms with Crippen LogP contribution in [0.3, 0.4) is 0 Å². The molecule has 3 atom stereocenters. The Morgan fingerprint density at radius 1 is 1.38 bits per heavy atom. The molecule has 1 aromatic heterocycles. The van der Waals surface area contributed by atoms with E-state index in [-0.39, 0.29) is 0 Å². The Morgan fingerprint density at radius 3 is 3.00 bits per heavy atom. The van der Waals surface area contributed by atoms with Crippen molar-refractivity contribution in [2.45, 2.75) is 19.8 Å². The van der Waals surface area contributed by atoms with Crippen LogP contribution < -0.4 is 0 Å². The molecule has 1 saturated carbocycles. The Labute approximate surface area is 124 Å². The molecular weight excluding hydrogens is 258 g/mol. The normalized spacial score (nSPS) is 27.4. The van der Waals surface area contributed by atoms with E-state index in [1.807, 2.05) is 12.1 Å². The Bertz CT molecular complexity index is 803. The zero-order valence-corrected chi connectivity index (χ0v) is 12.0. The molecule has 2 aromatic rings. The number of H-pyrrole nitrogens is 1. The Balaban J connectivity index is 1.71. The fourth-order valence-electron chi connectivity index (χ4n) is 3.65. The van der Waals surface area contributed by atoms with Crippen molar-refractivity contribution in [2.75, 3.05) is 0 Å². The number of nitriles is 1. The molecule has 1 N–H and O–H groups in total. The molecule has 2 bridgehead atoms. The zero-order chi connectivity index (χ0) is 14.4. The standard InChI is InChI=1S/C18H17N3/c1-11-2-5-16-17(6-11)21-18(20-16)15(10-19)9-14-8-12-3-4-13(14)7-12/h2-6,9,12-14H,7-8H2,1H3,(H,20,21)/b15-9-/t12-,13-,14-/m0/s1. The van der Waals surface area contributed by atoms with Crippen LogP contribution in [0.5, 0.6) is 0 Å². The largest absolute Gasteiger partial charge is 0.337 e. The summed E-state index contributed by atoms with van der Waals surface area (Å²) in [7, 11) is 0. The summed E-state index contributed by atoms with van der Waals surface area (Å²) in [6.07, 6.45) is 9.18. The molecule has 0 spiro atoms. The van der Waals surface area contributed by atoms with E-state index in [0.717, 1.165) is 17.0 Å². The molecule has 0 unspecified atom stereocenters. The average Bonchev–Trinajstić information content (AvgIpc) is 3.18. The van der Waals surface area contributed by atoms with Crippen molar-refractivity contribution in [1.29, 1.82) is 5.26 Å². The molecule has 21 heavy (non-hydrogen) atoms. The van der Waals surface area contributed by atoms with E-state index >= 15 is 0 Å². The average molecular weight is 275 g/mol. The van der Waals surface area contributed by atoms with Gasteiger partial charge in [0, 0.05) is 0 Å². The van der Waals surface area contributed by atoms with Gasteiger partial charge in [-0.05, 0) is 55.2 Å². The molecule has 3 nitrogen and oxygen atoms in total. The molecule has 0 radical (unpaired) electrons. The van der Waals surface area contributed by atoms with Gasteiger partial charge in [0.25, 0.3) is 0 Å². The summed E-state index contributed by atoms with van der Waals surface area (Å²) in [6, 6.07) is 8.44. The first-order valence-corrected chi connectivity index (χ1v) is 7.50. The Morgan fingerprint density at radius 2 is 2.29 bits per heavy atom. The second-order valence-corrected chi connectivity index (χ2v) is 6.24. The van der Waals surface area contributed by atoms with Gasteiger partial charge in [-0.1, -0.05) is 24.3 Å². The summed E-state index contributed by atoms with van der Waals surface area (Å²) in [4.78, 5) is 7.85. The lowest BCUT2D eigenvalue weighted by atomic mass is 9.91. The van der Waals surface area contributed by atoms with Gasteiger partial charge in [-0.25, -0.2) is 4.98 Å². The maximum absolute atomic E-state index is 9.49. The van der Waals surface area contributed by atoms with Gasteiger partial charge in [0.1, 0.15) is 11.9 Å². The van der Waals surface area contributed by atoms with Gasteiger partial charge in [0.2, 0.25) is 0 Å². The minimum absolute atomic E-state index is 0.490. The number of benzene rings is 1. The number of hydrogen-bond acceptors (Lipinski definition) is 2. The Hall–Kier alpha value is -2.34. The number of hydrogen-bond donors (Lipinski definition) is 1. The minimum Gasteiger partial charge on any atom is -0.337 e. The number of aromatic nitrogens is 2. The van der Waals surface area contributed by atoms with Crippen molar-refractivity contribution < 1.29 is 0 Å². The van der Waals surface area contributed by atoms with E-state index in [2.05, 4.69) is 47.3 Å². The fourth-order valence-corrected chi connectivity index (χ4v) is 3.65. The molecule has 2 aliphatic rings. The molecular formula is C18H17N3. The molecule has 1 aromatic carbocycles. The van der Waals surface area contributed by atoms with Crippen LogP contribution in [0, 0.1) is 36.0 Å². The number of nitrogens with one attached hydrogen (secondary N) is 1. The zero-order valence-electron chi connectivity index (χ0n) is 12.0. The summed E-state index contributed by atoms with van der Waals surface area (Å²) in [5, 5.41) is 9.49. The first-order chi connectivity index (χ1) is 10.2. The lowest BCUT2D eigenvalue weighted by Gasteiger charge is -2.13. The summed E-state index contributed by atoms with van der Waals surface area (Å²) in [5.41, 5.74) is 3.79. The lowest BCUT2D eigenvalue weighted by Crippen LogP contribution is -2.04. The van der Waals surface area contributed by atoms with E-state index in [1.54, 1.807) is 0 Å². The summed E-state index contributed by atoms with van der Waals surface area (Å²) in [5.74, 6) is 2.52. The number of rotatable bonds is 2. The van der Waals surface area contributed by atoms with Crippen LogP contribution >= 0.6 is 0 Å². The SMILES string of the molecule is Cc1ccc2nc(/C(C#N)=C\[C@@H]3C[C@H]4C=C[C@H]3C4)[nH]c2c1. The number of aryl methyl sites for hydroxylation is 1. The molecule has 3 heteroatoms. The quantitative estimate of drug-likeness (QED) is 0.665. The van der Waals surface area contributed by atoms with Crippen LogP contribution in [0.2, 0.25) is 0 Å². The van der Waals surface area contributed by atoms with Gasteiger partial charge < -0.3 is 4.98 Å². The maximum atomic E-state index is 9.49. The van der Waals surface area contributed by atoms with Crippen LogP contribution in [0.15, 0.2) is 36.4 Å². The monoisotopic (exact) mass is 275 g/mol. The van der Waals surface area contributed by atoms with Crippen molar-refractivity contribution in [3.8, 4) is 6.07 Å². The van der Waals surface area contributed by atoms with Gasteiger partial charge in [0.15, 0.2) is 0 Å². The molecule has 0 aliphatic heterocycles. The van der Waals surface area contributed by atoms with Gasteiger partial charge in [-0.2, -0.15) is 5.26 Å². The van der Waals surface area contributed by atoms with E-state index in [1.165, 1.54) is 18.4 Å². The summed E-state index contributed by atoms with van der Waals surface area (Å²) < 4.78 is 0. The highest BCUT2D eigenvalue weighted by Crippen LogP contribution is 2.44. The third-order valence-corrected chi connectivity index (χ3v) is 4.72. The Kier molecular flexibility index (Phi) is 2.71. The molecule has 0 amide bonds. The summed E-state index contributed by atoms with van der Waals surface area (Å²) >= 11 is 0. The molecule has 1 heterocycles. The highest BCUT2D eigenvalue weighted by molar-refractivity contribution is 5.82. The second kappa shape index (κ2) is 4.60. The molecule has 1 fully saturated rings. The minimum atomic E-state index is 0.490. The predicted molar refractivity (Wildman–Crippen MR) is 83.3 cm³/mol.